The van der Waals surface area contributed by atoms with Crippen LogP contribution in [0, 0.1) is 11.3 Å². The van der Waals surface area contributed by atoms with E-state index in [-0.39, 0.29) is 12.2 Å². The molecule has 0 aromatic heterocycles. The molecular weight excluding hydrogens is 279 g/mol. The second-order valence-electron chi connectivity index (χ2n) is 4.88. The van der Waals surface area contributed by atoms with Gasteiger partial charge in [-0.1, -0.05) is 30.4 Å². The summed E-state index contributed by atoms with van der Waals surface area (Å²) in [7, 11) is 1.50. The third-order valence-electron chi connectivity index (χ3n) is 3.53. The van der Waals surface area contributed by atoms with Crippen LogP contribution in [-0.2, 0) is 6.42 Å². The van der Waals surface area contributed by atoms with E-state index in [2.05, 4.69) is 11.8 Å². The van der Waals surface area contributed by atoms with Crippen LogP contribution >= 0.6 is 0 Å². The van der Waals surface area contributed by atoms with Crippen molar-refractivity contribution >= 4 is 5.57 Å². The Labute approximate surface area is 130 Å². The lowest BCUT2D eigenvalue weighted by molar-refractivity contribution is 0.287. The van der Waals surface area contributed by atoms with E-state index in [0.29, 0.717) is 12.2 Å². The van der Waals surface area contributed by atoms with Gasteiger partial charge in [0.05, 0.1) is 18.2 Å². The van der Waals surface area contributed by atoms with Crippen LogP contribution < -0.4 is 10.5 Å². The fourth-order valence-corrected chi connectivity index (χ4v) is 2.60. The molecule has 2 N–H and O–H groups in total. The summed E-state index contributed by atoms with van der Waals surface area (Å²) in [5.74, 6) is 0.542. The molecule has 2 aliphatic rings. The largest absolute Gasteiger partial charge is 0.493 e. The molecule has 3 rings (SSSR count). The minimum atomic E-state index is -0.293. The van der Waals surface area contributed by atoms with Gasteiger partial charge >= 0.3 is 0 Å². The van der Waals surface area contributed by atoms with E-state index in [9.17, 15) is 9.65 Å². The van der Waals surface area contributed by atoms with E-state index in [4.69, 9.17) is 4.74 Å². The molecule has 1 aliphatic carbocycles. The van der Waals surface area contributed by atoms with Gasteiger partial charge in [-0.15, -0.1) is 0 Å². The highest BCUT2D eigenvalue weighted by Gasteiger charge is 2.18. The van der Waals surface area contributed by atoms with Gasteiger partial charge in [-0.25, -0.2) is 4.39 Å². The third kappa shape index (κ3) is 3.26. The number of aryl methyl sites for hydroxylation is 1. The van der Waals surface area contributed by atoms with Gasteiger partial charge in [-0.3, -0.25) is 0 Å². The number of para-hydroxylation sites is 1. The van der Waals surface area contributed by atoms with Crippen LogP contribution in [0.1, 0.15) is 24.0 Å². The Morgan fingerprint density at radius 3 is 2.91 bits per heavy atom. The van der Waals surface area contributed by atoms with Crippen LogP contribution in [0.2, 0.25) is 0 Å². The van der Waals surface area contributed by atoms with Crippen molar-refractivity contribution in [2.45, 2.75) is 19.3 Å². The summed E-state index contributed by atoms with van der Waals surface area (Å²) in [4.78, 5) is 0. The van der Waals surface area contributed by atoms with Gasteiger partial charge in [0.25, 0.3) is 0 Å². The van der Waals surface area contributed by atoms with Crippen molar-refractivity contribution in [3.8, 4) is 11.8 Å². The number of ether oxygens (including phenoxy) is 1. The second-order valence-corrected chi connectivity index (χ2v) is 4.88. The first-order chi connectivity index (χ1) is 10.8. The molecule has 1 aliphatic heterocycles. The number of allylic oxidation sites excluding steroid dienone is 6. The first-order valence-corrected chi connectivity index (χ1v) is 7.29. The maximum atomic E-state index is 13.5. The Morgan fingerprint density at radius 2 is 2.14 bits per heavy atom. The van der Waals surface area contributed by atoms with E-state index in [1.807, 2.05) is 24.3 Å². The second kappa shape index (κ2) is 7.58. The molecule has 0 bridgehead atoms. The van der Waals surface area contributed by atoms with Gasteiger partial charge in [0.2, 0.25) is 0 Å². The number of nitriles is 1. The summed E-state index contributed by atoms with van der Waals surface area (Å²) in [5.41, 5.74) is 7.61. The molecule has 0 radical (unpaired) electrons. The van der Waals surface area contributed by atoms with Crippen LogP contribution in [0.25, 0.3) is 5.57 Å². The smallest absolute Gasteiger partial charge is 0.130 e. The standard InChI is InChI=1S/C17H14FNO.CH5N/c18-14-6-2-7-15(13(10-14)11-19)16-8-1-4-12-5-3-9-20-17(12)16;1-2/h1-2,4,7-8,10H,3,5-6,9H2;2H2,1H3. The predicted molar refractivity (Wildman–Crippen MR) is 85.9 cm³/mol. The SMILES string of the molecule is CN.N#CC1=C(c2cccc3c2OCCC3)C=CCC(F)=C1. The molecule has 0 saturated heterocycles. The van der Waals surface area contributed by atoms with Crippen molar-refractivity contribution in [2.24, 2.45) is 5.73 Å². The maximum absolute atomic E-state index is 13.5. The molecule has 114 valence electrons. The number of benzene rings is 1. The van der Waals surface area contributed by atoms with Crippen LogP contribution in [0.5, 0.6) is 5.75 Å². The molecule has 22 heavy (non-hydrogen) atoms. The lowest BCUT2D eigenvalue weighted by Gasteiger charge is -2.21. The van der Waals surface area contributed by atoms with Gasteiger partial charge in [0, 0.05) is 17.6 Å². The average Bonchev–Trinajstić information content (AvgIpc) is 2.77. The molecule has 1 aromatic rings. The molecule has 0 spiro atoms. The Bertz CT molecular complexity index is 681. The Kier molecular flexibility index (Phi) is 5.51. The average molecular weight is 298 g/mol. The molecule has 0 unspecified atom stereocenters. The van der Waals surface area contributed by atoms with E-state index in [0.717, 1.165) is 35.3 Å². The van der Waals surface area contributed by atoms with Crippen LogP contribution in [-0.4, -0.2) is 13.7 Å². The molecule has 0 atom stereocenters. The number of nitrogens with zero attached hydrogens (tertiary/aromatic N) is 1. The van der Waals surface area contributed by atoms with Crippen molar-refractivity contribution in [1.29, 1.82) is 5.26 Å². The summed E-state index contributed by atoms with van der Waals surface area (Å²) < 4.78 is 19.3. The summed E-state index contributed by atoms with van der Waals surface area (Å²) >= 11 is 0. The van der Waals surface area contributed by atoms with Gasteiger partial charge in [0.1, 0.15) is 11.6 Å². The summed E-state index contributed by atoms with van der Waals surface area (Å²) in [6.07, 6.45) is 7.09. The lowest BCUT2D eigenvalue weighted by Crippen LogP contribution is -2.10. The first kappa shape index (κ1) is 16.0. The Balaban J connectivity index is 0.000000847. The van der Waals surface area contributed by atoms with Crippen molar-refractivity contribution in [2.75, 3.05) is 13.7 Å². The number of fused-ring (bicyclic) bond motifs is 1. The molecule has 3 nitrogen and oxygen atoms in total. The number of rotatable bonds is 1. The van der Waals surface area contributed by atoms with Crippen LogP contribution in [0.15, 0.2) is 47.8 Å². The lowest BCUT2D eigenvalue weighted by atomic mass is 9.94. The first-order valence-electron chi connectivity index (χ1n) is 7.29. The minimum Gasteiger partial charge on any atom is -0.493 e. The molecular formula is C18H19FN2O. The predicted octanol–water partition coefficient (Wildman–Crippen LogP) is 3.68. The topological polar surface area (TPSA) is 59.0 Å². The Hall–Kier alpha value is -2.38. The highest BCUT2D eigenvalue weighted by molar-refractivity contribution is 5.85. The zero-order valence-corrected chi connectivity index (χ0v) is 12.6. The minimum absolute atomic E-state index is 0.227. The molecule has 1 heterocycles. The van der Waals surface area contributed by atoms with Crippen molar-refractivity contribution in [3.63, 3.8) is 0 Å². The Morgan fingerprint density at radius 1 is 1.32 bits per heavy atom. The van der Waals surface area contributed by atoms with Gasteiger partial charge in [-0.2, -0.15) is 5.26 Å². The van der Waals surface area contributed by atoms with E-state index < -0.39 is 0 Å². The maximum Gasteiger partial charge on any atom is 0.130 e. The highest BCUT2D eigenvalue weighted by Crippen LogP contribution is 2.36. The number of nitrogens with two attached hydrogens (primary N) is 1. The quantitative estimate of drug-likeness (QED) is 0.860. The number of hydrogen-bond acceptors (Lipinski definition) is 3. The number of halogens is 1. The van der Waals surface area contributed by atoms with Crippen LogP contribution in [0.3, 0.4) is 0 Å². The molecule has 0 amide bonds. The van der Waals surface area contributed by atoms with E-state index in [1.165, 1.54) is 13.1 Å². The molecule has 4 heteroatoms. The van der Waals surface area contributed by atoms with Crippen molar-refractivity contribution in [3.05, 3.63) is 59.0 Å². The summed E-state index contributed by atoms with van der Waals surface area (Å²) in [6, 6.07) is 8.02. The van der Waals surface area contributed by atoms with Crippen LogP contribution in [0.4, 0.5) is 4.39 Å². The zero-order chi connectivity index (χ0) is 15.9. The fraction of sp³-hybridized carbons (Fsp3) is 0.278. The van der Waals surface area contributed by atoms with Crippen molar-refractivity contribution in [1.82, 2.24) is 0 Å². The number of hydrogen-bond donors (Lipinski definition) is 1. The fourth-order valence-electron chi connectivity index (χ4n) is 2.60. The summed E-state index contributed by atoms with van der Waals surface area (Å²) in [5, 5.41) is 9.28. The van der Waals surface area contributed by atoms with Gasteiger partial charge < -0.3 is 10.5 Å². The van der Waals surface area contributed by atoms with E-state index >= 15 is 0 Å². The zero-order valence-electron chi connectivity index (χ0n) is 12.6. The van der Waals surface area contributed by atoms with Crippen molar-refractivity contribution < 1.29 is 9.13 Å². The van der Waals surface area contributed by atoms with Gasteiger partial charge in [0.15, 0.2) is 0 Å². The summed E-state index contributed by atoms with van der Waals surface area (Å²) in [6.45, 7) is 0.688. The monoisotopic (exact) mass is 298 g/mol. The van der Waals surface area contributed by atoms with E-state index in [1.54, 1.807) is 6.08 Å². The molecule has 0 saturated carbocycles. The highest BCUT2D eigenvalue weighted by atomic mass is 19.1. The third-order valence-corrected chi connectivity index (χ3v) is 3.53. The normalized spacial score (nSPS) is 16.4. The molecule has 1 aromatic carbocycles. The van der Waals surface area contributed by atoms with Gasteiger partial charge in [-0.05, 0) is 31.5 Å². The molecule has 0 fully saturated rings.